The maximum atomic E-state index is 12.4. The fraction of sp³-hybridized carbons (Fsp3) is 0.684. The van der Waals surface area contributed by atoms with Crippen LogP contribution in [0, 0.1) is 5.92 Å². The summed E-state index contributed by atoms with van der Waals surface area (Å²) in [5, 5.41) is -0.263. The van der Waals surface area contributed by atoms with E-state index in [1.807, 2.05) is 4.90 Å². The fourth-order valence-electron chi connectivity index (χ4n) is 3.40. The Kier molecular flexibility index (Phi) is 6.24. The number of aromatic nitrogens is 1. The average molecular weight is 396 g/mol. The summed E-state index contributed by atoms with van der Waals surface area (Å²) in [5.41, 5.74) is 0.458. The molecule has 1 amide bonds. The van der Waals surface area contributed by atoms with E-state index in [2.05, 4.69) is 23.6 Å². The van der Waals surface area contributed by atoms with Crippen LogP contribution in [0.15, 0.2) is 18.3 Å². The molecule has 3 rings (SSSR count). The van der Waals surface area contributed by atoms with Crippen LogP contribution in [0.1, 0.15) is 52.4 Å². The van der Waals surface area contributed by atoms with E-state index in [4.69, 9.17) is 4.74 Å². The Morgan fingerprint density at radius 1 is 1.22 bits per heavy atom. The van der Waals surface area contributed by atoms with Crippen molar-refractivity contribution in [2.45, 2.75) is 63.7 Å². The maximum absolute atomic E-state index is 12.4. The molecule has 0 bridgehead atoms. The number of sulfonamides is 1. The van der Waals surface area contributed by atoms with Crippen LogP contribution in [0.25, 0.3) is 0 Å². The molecule has 0 unspecified atom stereocenters. The number of rotatable bonds is 8. The maximum Gasteiger partial charge on any atom is 0.235 e. The second kappa shape index (κ2) is 8.46. The Morgan fingerprint density at radius 2 is 1.89 bits per heavy atom. The molecule has 1 N–H and O–H groups in total. The Hall–Kier alpha value is -1.83. The van der Waals surface area contributed by atoms with E-state index in [0.717, 1.165) is 38.5 Å². The van der Waals surface area contributed by atoms with Crippen molar-refractivity contribution in [3.05, 3.63) is 18.3 Å². The van der Waals surface area contributed by atoms with Gasteiger partial charge in [0.2, 0.25) is 21.8 Å². The summed E-state index contributed by atoms with van der Waals surface area (Å²) in [5.74, 6) is 0.856. The normalized spacial score (nSPS) is 18.6. The predicted molar refractivity (Wildman–Crippen MR) is 104 cm³/mol. The molecule has 1 saturated carbocycles. The van der Waals surface area contributed by atoms with E-state index in [9.17, 15) is 13.2 Å². The number of carbonyl (C=O) groups is 1. The number of nitrogens with zero attached hydrogens (tertiary/aromatic N) is 2. The molecule has 0 spiro atoms. The third-order valence-corrected chi connectivity index (χ3v) is 7.20. The fourth-order valence-corrected chi connectivity index (χ4v) is 4.77. The minimum Gasteiger partial charge on any atom is -0.474 e. The first-order valence-corrected chi connectivity index (χ1v) is 11.4. The van der Waals surface area contributed by atoms with Gasteiger partial charge < -0.3 is 9.64 Å². The highest BCUT2D eigenvalue weighted by Crippen LogP contribution is 2.30. The third kappa shape index (κ3) is 5.12. The van der Waals surface area contributed by atoms with Crippen LogP contribution in [0.2, 0.25) is 0 Å². The van der Waals surface area contributed by atoms with Crippen molar-refractivity contribution in [1.82, 2.24) is 9.88 Å². The van der Waals surface area contributed by atoms with Crippen molar-refractivity contribution < 1.29 is 17.9 Å². The molecule has 0 atom stereocenters. The topological polar surface area (TPSA) is 88.6 Å². The molecular formula is C19H29N3O4S. The second-order valence-electron chi connectivity index (χ2n) is 7.39. The number of anilines is 1. The van der Waals surface area contributed by atoms with Gasteiger partial charge in [0.05, 0.1) is 17.1 Å². The van der Waals surface area contributed by atoms with Gasteiger partial charge in [0, 0.05) is 37.9 Å². The summed E-state index contributed by atoms with van der Waals surface area (Å²) < 4.78 is 32.4. The van der Waals surface area contributed by atoms with Crippen molar-refractivity contribution in [2.75, 3.05) is 17.8 Å². The first kappa shape index (κ1) is 19.9. The number of carbonyl (C=O) groups excluding carboxylic acids is 1. The van der Waals surface area contributed by atoms with Gasteiger partial charge in [-0.15, -0.1) is 0 Å². The van der Waals surface area contributed by atoms with Crippen molar-refractivity contribution in [1.29, 1.82) is 0 Å². The van der Waals surface area contributed by atoms with Gasteiger partial charge in [-0.1, -0.05) is 13.8 Å². The number of likely N-dealkylation sites (tertiary alicyclic amines) is 1. The van der Waals surface area contributed by atoms with Crippen LogP contribution in [0.3, 0.4) is 0 Å². The number of hydrogen-bond acceptors (Lipinski definition) is 5. The highest BCUT2D eigenvalue weighted by Gasteiger charge is 2.35. The Labute approximate surface area is 161 Å². The van der Waals surface area contributed by atoms with Crippen LogP contribution in [0.5, 0.6) is 5.88 Å². The minimum absolute atomic E-state index is 0.0252. The molecule has 0 aromatic carbocycles. The number of ether oxygens (including phenoxy) is 1. The zero-order chi connectivity index (χ0) is 19.4. The van der Waals surface area contributed by atoms with Gasteiger partial charge in [0.25, 0.3) is 0 Å². The number of nitrogens with one attached hydrogen (secondary N) is 1. The highest BCUT2D eigenvalue weighted by atomic mass is 32.2. The molecule has 2 fully saturated rings. The lowest BCUT2D eigenvalue weighted by Gasteiger charge is -2.33. The molecule has 8 heteroatoms. The Bertz CT molecular complexity index is 735. The number of amides is 1. The van der Waals surface area contributed by atoms with Gasteiger partial charge in [-0.05, 0) is 31.7 Å². The Balaban J connectivity index is 1.48. The molecule has 1 aromatic heterocycles. The lowest BCUT2D eigenvalue weighted by atomic mass is 9.99. The smallest absolute Gasteiger partial charge is 0.235 e. The summed E-state index contributed by atoms with van der Waals surface area (Å²) in [6, 6.07) is 3.36. The van der Waals surface area contributed by atoms with Gasteiger partial charge in [-0.25, -0.2) is 13.4 Å². The molecule has 150 valence electrons. The molecule has 1 aromatic rings. The highest BCUT2D eigenvalue weighted by molar-refractivity contribution is 7.93. The molecule has 0 radical (unpaired) electrons. The van der Waals surface area contributed by atoms with E-state index in [1.54, 1.807) is 12.1 Å². The van der Waals surface area contributed by atoms with Crippen LogP contribution in [0.4, 0.5) is 5.69 Å². The summed E-state index contributed by atoms with van der Waals surface area (Å²) in [6.07, 6.45) is 6.29. The molecule has 2 aliphatic rings. The van der Waals surface area contributed by atoms with Crippen molar-refractivity contribution in [2.24, 2.45) is 5.92 Å². The zero-order valence-electron chi connectivity index (χ0n) is 16.1. The molecule has 2 heterocycles. The average Bonchev–Trinajstić information content (AvgIpc) is 3.50. The van der Waals surface area contributed by atoms with Gasteiger partial charge in [0.15, 0.2) is 0 Å². The largest absolute Gasteiger partial charge is 0.474 e. The molecule has 1 aliphatic heterocycles. The van der Waals surface area contributed by atoms with Crippen molar-refractivity contribution in [3.8, 4) is 5.88 Å². The van der Waals surface area contributed by atoms with Crippen LogP contribution in [-0.4, -0.2) is 48.7 Å². The van der Waals surface area contributed by atoms with Gasteiger partial charge in [0.1, 0.15) is 6.10 Å². The summed E-state index contributed by atoms with van der Waals surface area (Å²) in [6.45, 7) is 5.53. The van der Waals surface area contributed by atoms with Crippen LogP contribution < -0.4 is 9.46 Å². The lowest BCUT2D eigenvalue weighted by molar-refractivity contribution is -0.137. The van der Waals surface area contributed by atoms with E-state index >= 15 is 0 Å². The molecular weight excluding hydrogens is 366 g/mol. The number of pyridine rings is 1. The van der Waals surface area contributed by atoms with E-state index in [-0.39, 0.29) is 23.2 Å². The molecule has 1 saturated heterocycles. The monoisotopic (exact) mass is 395 g/mol. The first-order valence-electron chi connectivity index (χ1n) is 9.86. The van der Waals surface area contributed by atoms with Crippen molar-refractivity contribution >= 4 is 21.6 Å². The minimum atomic E-state index is -3.27. The molecule has 7 nitrogen and oxygen atoms in total. The van der Waals surface area contributed by atoms with E-state index in [0.29, 0.717) is 24.7 Å². The van der Waals surface area contributed by atoms with Crippen molar-refractivity contribution in [3.63, 3.8) is 0 Å². The predicted octanol–water partition coefficient (Wildman–Crippen LogP) is 2.79. The Morgan fingerprint density at radius 3 is 2.41 bits per heavy atom. The third-order valence-electron chi connectivity index (χ3n) is 5.34. The second-order valence-corrected chi connectivity index (χ2v) is 9.35. The number of hydrogen-bond donors (Lipinski definition) is 1. The van der Waals surface area contributed by atoms with Gasteiger partial charge >= 0.3 is 0 Å². The quantitative estimate of drug-likeness (QED) is 0.731. The van der Waals surface area contributed by atoms with Crippen LogP contribution in [-0.2, 0) is 14.8 Å². The SMILES string of the molecule is CCC(CC)C(=O)N1CCC(Oc2ccc(NS(=O)(=O)C3CC3)cn2)CC1. The van der Waals surface area contributed by atoms with Crippen LogP contribution >= 0.6 is 0 Å². The standard InChI is InChI=1S/C19H29N3O4S/c1-3-14(4-2)19(23)22-11-9-16(10-12-22)26-18-8-5-15(13-20-18)21-27(24,25)17-6-7-17/h5,8,13-14,16-17,21H,3-4,6-7,9-12H2,1-2H3. The van der Waals surface area contributed by atoms with Gasteiger partial charge in [-0.3, -0.25) is 9.52 Å². The first-order chi connectivity index (χ1) is 12.9. The molecule has 1 aliphatic carbocycles. The zero-order valence-corrected chi connectivity index (χ0v) is 16.9. The van der Waals surface area contributed by atoms with E-state index < -0.39 is 10.0 Å². The molecule has 27 heavy (non-hydrogen) atoms. The van der Waals surface area contributed by atoms with E-state index in [1.165, 1.54) is 6.20 Å². The lowest BCUT2D eigenvalue weighted by Crippen LogP contribution is -2.44. The summed E-state index contributed by atoms with van der Waals surface area (Å²) in [4.78, 5) is 18.6. The summed E-state index contributed by atoms with van der Waals surface area (Å²) in [7, 11) is -3.27. The number of piperidine rings is 1. The van der Waals surface area contributed by atoms with Gasteiger partial charge in [-0.2, -0.15) is 0 Å². The summed E-state index contributed by atoms with van der Waals surface area (Å²) >= 11 is 0.